The number of amides is 1. The van der Waals surface area contributed by atoms with E-state index in [4.69, 9.17) is 5.11 Å². The number of carboxylic acid groups (broad SMARTS) is 1. The summed E-state index contributed by atoms with van der Waals surface area (Å²) in [6.07, 6.45) is 2.50. The minimum atomic E-state index is -0.991. The van der Waals surface area contributed by atoms with Crippen molar-refractivity contribution in [1.29, 1.82) is 0 Å². The molecule has 0 fully saturated rings. The Kier molecular flexibility index (Phi) is 6.48. The van der Waals surface area contributed by atoms with Crippen LogP contribution in [0.25, 0.3) is 0 Å². The third-order valence-corrected chi connectivity index (χ3v) is 4.02. The van der Waals surface area contributed by atoms with Crippen molar-refractivity contribution in [2.45, 2.75) is 60.2 Å². The zero-order valence-corrected chi connectivity index (χ0v) is 15.7. The van der Waals surface area contributed by atoms with Crippen LogP contribution in [-0.4, -0.2) is 41.8 Å². The number of nitrogens with one attached hydrogen (secondary N) is 1. The molecule has 0 atom stereocenters. The van der Waals surface area contributed by atoms with E-state index in [1.807, 2.05) is 18.5 Å². The lowest BCUT2D eigenvalue weighted by Crippen LogP contribution is -2.23. The van der Waals surface area contributed by atoms with Gasteiger partial charge in [0.2, 0.25) is 5.91 Å². The highest BCUT2D eigenvalue weighted by Crippen LogP contribution is 2.16. The summed E-state index contributed by atoms with van der Waals surface area (Å²) in [5.41, 5.74) is 3.72. The second-order valence-electron chi connectivity index (χ2n) is 6.80. The highest BCUT2D eigenvalue weighted by atomic mass is 16.4. The van der Waals surface area contributed by atoms with E-state index < -0.39 is 5.97 Å². The monoisotopic (exact) mass is 362 g/mol. The molecule has 2 aromatic heterocycles. The summed E-state index contributed by atoms with van der Waals surface area (Å²) >= 11 is 0. The lowest BCUT2D eigenvalue weighted by molar-refractivity contribution is -0.138. The van der Waals surface area contributed by atoms with Crippen molar-refractivity contribution in [3.05, 3.63) is 28.8 Å². The van der Waals surface area contributed by atoms with E-state index in [9.17, 15) is 9.59 Å². The quantitative estimate of drug-likeness (QED) is 0.690. The van der Waals surface area contributed by atoms with Gasteiger partial charge >= 0.3 is 5.97 Å². The van der Waals surface area contributed by atoms with Crippen LogP contribution in [0.1, 0.15) is 42.9 Å². The number of hydrogen-bond acceptors (Lipinski definition) is 5. The molecule has 0 aliphatic carbocycles. The molecule has 0 aliphatic heterocycles. The van der Waals surface area contributed by atoms with Gasteiger partial charge in [0.15, 0.2) is 0 Å². The van der Waals surface area contributed by atoms with Crippen molar-refractivity contribution < 1.29 is 14.7 Å². The van der Waals surface area contributed by atoms with Gasteiger partial charge in [-0.25, -0.2) is 4.68 Å². The van der Waals surface area contributed by atoms with E-state index in [2.05, 4.69) is 34.6 Å². The smallest absolute Gasteiger partial charge is 0.325 e. The molecule has 9 nitrogen and oxygen atoms in total. The summed E-state index contributed by atoms with van der Waals surface area (Å²) in [5.74, 6) is -0.568. The van der Waals surface area contributed by atoms with Gasteiger partial charge in [0, 0.05) is 18.7 Å². The molecule has 0 saturated carbocycles. The molecule has 0 aromatic carbocycles. The van der Waals surface area contributed by atoms with Gasteiger partial charge in [-0.05, 0) is 31.7 Å². The second-order valence-corrected chi connectivity index (χ2v) is 6.80. The molecule has 0 saturated heterocycles. The maximum Gasteiger partial charge on any atom is 0.325 e. The number of rotatable bonds is 9. The van der Waals surface area contributed by atoms with Gasteiger partial charge in [-0.3, -0.25) is 14.3 Å². The van der Waals surface area contributed by atoms with Gasteiger partial charge in [0.1, 0.15) is 12.2 Å². The van der Waals surface area contributed by atoms with Gasteiger partial charge in [0.05, 0.1) is 18.4 Å². The molecule has 0 bridgehead atoms. The predicted molar refractivity (Wildman–Crippen MR) is 94.4 cm³/mol. The van der Waals surface area contributed by atoms with Gasteiger partial charge in [-0.2, -0.15) is 5.10 Å². The summed E-state index contributed by atoms with van der Waals surface area (Å²) in [6.45, 7) is 9.15. The molecule has 2 rings (SSSR count). The predicted octanol–water partition coefficient (Wildman–Crippen LogP) is 1.08. The van der Waals surface area contributed by atoms with E-state index in [0.717, 1.165) is 23.5 Å². The molecule has 1 amide bonds. The Bertz CT molecular complexity index is 778. The number of nitrogens with zero attached hydrogens (tertiary/aromatic N) is 5. The fourth-order valence-electron chi connectivity index (χ4n) is 2.77. The molecular weight excluding hydrogens is 336 g/mol. The van der Waals surface area contributed by atoms with E-state index >= 15 is 0 Å². The van der Waals surface area contributed by atoms with Crippen molar-refractivity contribution in [3.63, 3.8) is 0 Å². The first-order valence-electron chi connectivity index (χ1n) is 8.66. The van der Waals surface area contributed by atoms with Crippen LogP contribution in [0.4, 0.5) is 0 Å². The number of hydrogen-bond donors (Lipinski definition) is 2. The Morgan fingerprint density at radius 3 is 2.69 bits per heavy atom. The lowest BCUT2D eigenvalue weighted by atomic mass is 10.1. The summed E-state index contributed by atoms with van der Waals surface area (Å²) in [6, 6.07) is 0. The van der Waals surface area contributed by atoms with Crippen LogP contribution in [0, 0.1) is 19.8 Å². The molecule has 2 N–H and O–H groups in total. The fourth-order valence-corrected chi connectivity index (χ4v) is 2.77. The largest absolute Gasteiger partial charge is 0.480 e. The maximum absolute atomic E-state index is 12.1. The fraction of sp³-hybridized carbons (Fsp3) is 0.588. The summed E-state index contributed by atoms with van der Waals surface area (Å²) in [7, 11) is 0. The third-order valence-electron chi connectivity index (χ3n) is 4.02. The zero-order chi connectivity index (χ0) is 19.3. The SMILES string of the molecule is Cc1nn(CC(C)C)c(C)c1CCC(=O)NCc1cn(CC(=O)O)nn1. The first-order valence-corrected chi connectivity index (χ1v) is 8.66. The molecule has 0 radical (unpaired) electrons. The highest BCUT2D eigenvalue weighted by Gasteiger charge is 2.14. The average Bonchev–Trinajstić information content (AvgIpc) is 3.08. The maximum atomic E-state index is 12.1. The molecule has 2 heterocycles. The van der Waals surface area contributed by atoms with Crippen LogP contribution >= 0.6 is 0 Å². The molecule has 0 spiro atoms. The van der Waals surface area contributed by atoms with Gasteiger partial charge in [-0.1, -0.05) is 19.1 Å². The van der Waals surface area contributed by atoms with Crippen LogP contribution in [0.5, 0.6) is 0 Å². The third kappa shape index (κ3) is 5.40. The number of aryl methyl sites for hydroxylation is 1. The van der Waals surface area contributed by atoms with Crippen LogP contribution in [0.3, 0.4) is 0 Å². The van der Waals surface area contributed by atoms with Crippen molar-refractivity contribution in [3.8, 4) is 0 Å². The second kappa shape index (κ2) is 8.59. The van der Waals surface area contributed by atoms with Crippen molar-refractivity contribution >= 4 is 11.9 Å². The number of aromatic nitrogens is 5. The Labute approximate surface area is 152 Å². The van der Waals surface area contributed by atoms with E-state index in [-0.39, 0.29) is 19.0 Å². The summed E-state index contributed by atoms with van der Waals surface area (Å²) in [4.78, 5) is 22.7. The minimum Gasteiger partial charge on any atom is -0.480 e. The van der Waals surface area contributed by atoms with E-state index in [0.29, 0.717) is 24.5 Å². The number of carbonyl (C=O) groups excluding carboxylic acids is 1. The molecule has 0 unspecified atom stereocenters. The summed E-state index contributed by atoms with van der Waals surface area (Å²) < 4.78 is 3.23. The average molecular weight is 362 g/mol. The van der Waals surface area contributed by atoms with Crippen molar-refractivity contribution in [2.24, 2.45) is 5.92 Å². The number of carbonyl (C=O) groups is 2. The molecule has 26 heavy (non-hydrogen) atoms. The molecule has 2 aromatic rings. The molecule has 0 aliphatic rings. The van der Waals surface area contributed by atoms with E-state index in [1.54, 1.807) is 0 Å². The van der Waals surface area contributed by atoms with Crippen molar-refractivity contribution in [1.82, 2.24) is 30.1 Å². The first kappa shape index (κ1) is 19.6. The minimum absolute atomic E-state index is 0.0896. The van der Waals surface area contributed by atoms with Gasteiger partial charge in [0.25, 0.3) is 0 Å². The first-order chi connectivity index (χ1) is 12.3. The van der Waals surface area contributed by atoms with Crippen LogP contribution in [0.15, 0.2) is 6.20 Å². The Balaban J connectivity index is 1.84. The molecule has 142 valence electrons. The van der Waals surface area contributed by atoms with E-state index in [1.165, 1.54) is 10.9 Å². The Morgan fingerprint density at radius 2 is 2.04 bits per heavy atom. The van der Waals surface area contributed by atoms with Crippen molar-refractivity contribution in [2.75, 3.05) is 0 Å². The molecule has 9 heteroatoms. The molecular formula is C17H26N6O3. The van der Waals surface area contributed by atoms with Gasteiger partial charge < -0.3 is 10.4 Å². The van der Waals surface area contributed by atoms with Crippen LogP contribution in [0.2, 0.25) is 0 Å². The van der Waals surface area contributed by atoms with Crippen LogP contribution in [-0.2, 0) is 35.6 Å². The topological polar surface area (TPSA) is 115 Å². The standard InChI is InChI=1S/C17H26N6O3/c1-11(2)8-23-13(4)15(12(3)20-23)5-6-16(24)18-7-14-9-22(21-19-14)10-17(25)26/h9,11H,5-8,10H2,1-4H3,(H,18,24)(H,25,26). The number of carboxylic acids is 1. The number of aliphatic carboxylic acids is 1. The Hall–Kier alpha value is -2.71. The van der Waals surface area contributed by atoms with Crippen LogP contribution < -0.4 is 5.32 Å². The highest BCUT2D eigenvalue weighted by molar-refractivity contribution is 5.76. The zero-order valence-electron chi connectivity index (χ0n) is 15.7. The summed E-state index contributed by atoms with van der Waals surface area (Å²) in [5, 5.41) is 23.6. The Morgan fingerprint density at radius 1 is 1.31 bits per heavy atom. The lowest BCUT2D eigenvalue weighted by Gasteiger charge is -2.08. The van der Waals surface area contributed by atoms with Gasteiger partial charge in [-0.15, -0.1) is 5.10 Å². The normalized spacial score (nSPS) is 11.1.